The topological polar surface area (TPSA) is 34.2 Å². The second-order valence-corrected chi connectivity index (χ2v) is 3.61. The van der Waals surface area contributed by atoms with E-state index in [1.807, 2.05) is 25.3 Å². The molecular weight excluding hydrogens is 202 g/mol. The van der Waals surface area contributed by atoms with Gasteiger partial charge in [-0.15, -0.1) is 0 Å². The number of fused-ring (bicyclic) bond motifs is 1. The summed E-state index contributed by atoms with van der Waals surface area (Å²) in [6, 6.07) is 8.24. The number of benzene rings is 1. The zero-order chi connectivity index (χ0) is 11.2. The van der Waals surface area contributed by atoms with Crippen molar-refractivity contribution in [3.8, 4) is 0 Å². The summed E-state index contributed by atoms with van der Waals surface area (Å²) in [5.41, 5.74) is 2.36. The van der Waals surface area contributed by atoms with Crippen LogP contribution in [0.15, 0.2) is 30.5 Å². The van der Waals surface area contributed by atoms with Gasteiger partial charge in [0.25, 0.3) is 0 Å². The average molecular weight is 219 g/mol. The van der Waals surface area contributed by atoms with Crippen LogP contribution in [0.4, 0.5) is 0 Å². The Morgan fingerprint density at radius 1 is 1.12 bits per heavy atom. The highest BCUT2D eigenvalue weighted by Crippen LogP contribution is 2.18. The van der Waals surface area contributed by atoms with Gasteiger partial charge in [0, 0.05) is 29.3 Å². The summed E-state index contributed by atoms with van der Waals surface area (Å²) in [6.45, 7) is 4.68. The maximum absolute atomic E-state index is 5.54. The molecule has 2 rings (SSSR count). The summed E-state index contributed by atoms with van der Waals surface area (Å²) in [5, 5.41) is 1.24. The van der Waals surface area contributed by atoms with Crippen LogP contribution in [0, 0.1) is 0 Å². The molecule has 3 heteroatoms. The van der Waals surface area contributed by atoms with Gasteiger partial charge in [-0.05, 0) is 13.0 Å². The van der Waals surface area contributed by atoms with Crippen molar-refractivity contribution >= 4 is 10.9 Å². The molecule has 0 amide bonds. The molecule has 0 spiro atoms. The zero-order valence-electron chi connectivity index (χ0n) is 9.53. The molecule has 0 atom stereocenters. The van der Waals surface area contributed by atoms with Crippen molar-refractivity contribution in [1.82, 2.24) is 4.98 Å². The van der Waals surface area contributed by atoms with Gasteiger partial charge in [0.05, 0.1) is 19.8 Å². The van der Waals surface area contributed by atoms with E-state index < -0.39 is 0 Å². The Hall–Kier alpha value is -1.32. The van der Waals surface area contributed by atoms with Crippen molar-refractivity contribution in [2.24, 2.45) is 0 Å². The van der Waals surface area contributed by atoms with Crippen LogP contribution in [0.1, 0.15) is 12.5 Å². The number of rotatable bonds is 6. The fourth-order valence-electron chi connectivity index (χ4n) is 1.70. The number of ether oxygens (including phenoxy) is 2. The second kappa shape index (κ2) is 5.68. The lowest BCUT2D eigenvalue weighted by atomic mass is 10.2. The van der Waals surface area contributed by atoms with Crippen LogP contribution >= 0.6 is 0 Å². The zero-order valence-corrected chi connectivity index (χ0v) is 9.53. The Balaban J connectivity index is 1.89. The van der Waals surface area contributed by atoms with Crippen molar-refractivity contribution < 1.29 is 9.47 Å². The molecule has 0 aliphatic carbocycles. The van der Waals surface area contributed by atoms with E-state index in [-0.39, 0.29) is 0 Å². The van der Waals surface area contributed by atoms with Crippen LogP contribution in [0.3, 0.4) is 0 Å². The molecule has 1 N–H and O–H groups in total. The lowest BCUT2D eigenvalue weighted by Crippen LogP contribution is -2.03. The Labute approximate surface area is 95.4 Å². The Morgan fingerprint density at radius 3 is 2.81 bits per heavy atom. The van der Waals surface area contributed by atoms with Crippen molar-refractivity contribution in [2.45, 2.75) is 13.5 Å². The molecule has 0 bridgehead atoms. The maximum atomic E-state index is 5.54. The molecule has 0 radical (unpaired) electrons. The summed E-state index contributed by atoms with van der Waals surface area (Å²) in [7, 11) is 0. The fourth-order valence-corrected chi connectivity index (χ4v) is 1.70. The Morgan fingerprint density at radius 2 is 1.94 bits per heavy atom. The molecule has 16 heavy (non-hydrogen) atoms. The van der Waals surface area contributed by atoms with Crippen LogP contribution in [0.5, 0.6) is 0 Å². The van der Waals surface area contributed by atoms with Gasteiger partial charge in [-0.1, -0.05) is 18.2 Å². The standard InChI is InChI=1S/C13H17NO2/c1-2-15-7-8-16-10-11-9-14-13-6-4-3-5-12(11)13/h3-6,9,14H,2,7-8,10H2,1H3. The molecule has 0 aliphatic heterocycles. The number of hydrogen-bond acceptors (Lipinski definition) is 2. The molecule has 3 nitrogen and oxygen atoms in total. The Kier molecular flexibility index (Phi) is 3.97. The number of H-pyrrole nitrogens is 1. The SMILES string of the molecule is CCOCCOCc1c[nH]c2ccccc12. The minimum Gasteiger partial charge on any atom is -0.379 e. The number of para-hydroxylation sites is 1. The van der Waals surface area contributed by atoms with Gasteiger partial charge in [-0.25, -0.2) is 0 Å². The van der Waals surface area contributed by atoms with Gasteiger partial charge >= 0.3 is 0 Å². The second-order valence-electron chi connectivity index (χ2n) is 3.61. The summed E-state index contributed by atoms with van der Waals surface area (Å²) in [6.07, 6.45) is 2.01. The summed E-state index contributed by atoms with van der Waals surface area (Å²) in [5.74, 6) is 0. The first kappa shape index (κ1) is 11.2. The third kappa shape index (κ3) is 2.62. The predicted molar refractivity (Wildman–Crippen MR) is 64.4 cm³/mol. The lowest BCUT2D eigenvalue weighted by Gasteiger charge is -2.03. The van der Waals surface area contributed by atoms with Crippen LogP contribution in [0.25, 0.3) is 10.9 Å². The first-order valence-corrected chi connectivity index (χ1v) is 5.62. The molecule has 0 saturated heterocycles. The van der Waals surface area contributed by atoms with E-state index in [9.17, 15) is 0 Å². The Bertz CT molecular complexity index is 436. The van der Waals surface area contributed by atoms with Crippen LogP contribution < -0.4 is 0 Å². The molecule has 1 heterocycles. The van der Waals surface area contributed by atoms with E-state index >= 15 is 0 Å². The van der Waals surface area contributed by atoms with Gasteiger partial charge in [-0.3, -0.25) is 0 Å². The quantitative estimate of drug-likeness (QED) is 0.758. The first-order chi connectivity index (χ1) is 7.92. The van der Waals surface area contributed by atoms with Crippen molar-refractivity contribution in [3.63, 3.8) is 0 Å². The minimum atomic E-state index is 0.636. The van der Waals surface area contributed by atoms with Crippen molar-refractivity contribution in [1.29, 1.82) is 0 Å². The van der Waals surface area contributed by atoms with E-state index in [4.69, 9.17) is 9.47 Å². The third-order valence-corrected chi connectivity index (χ3v) is 2.51. The van der Waals surface area contributed by atoms with Gasteiger partial charge in [0.15, 0.2) is 0 Å². The predicted octanol–water partition coefficient (Wildman–Crippen LogP) is 2.72. The number of hydrogen-bond donors (Lipinski definition) is 1. The molecule has 2 aromatic rings. The van der Waals surface area contributed by atoms with Crippen LogP contribution in [0.2, 0.25) is 0 Å². The number of aromatic amines is 1. The average Bonchev–Trinajstić information content (AvgIpc) is 2.73. The number of nitrogens with one attached hydrogen (secondary N) is 1. The molecule has 1 aromatic carbocycles. The molecule has 0 unspecified atom stereocenters. The van der Waals surface area contributed by atoms with Gasteiger partial charge < -0.3 is 14.5 Å². The molecule has 0 aliphatic rings. The normalized spacial score (nSPS) is 11.1. The van der Waals surface area contributed by atoms with Crippen LogP contribution in [-0.2, 0) is 16.1 Å². The highest BCUT2D eigenvalue weighted by Gasteiger charge is 2.01. The first-order valence-electron chi connectivity index (χ1n) is 5.62. The number of aromatic nitrogens is 1. The third-order valence-electron chi connectivity index (χ3n) is 2.51. The van der Waals surface area contributed by atoms with Crippen LogP contribution in [-0.4, -0.2) is 24.8 Å². The highest BCUT2D eigenvalue weighted by molar-refractivity contribution is 5.82. The van der Waals surface area contributed by atoms with E-state index in [1.165, 1.54) is 10.9 Å². The van der Waals surface area contributed by atoms with Gasteiger partial charge in [0.1, 0.15) is 0 Å². The van der Waals surface area contributed by atoms with E-state index in [1.54, 1.807) is 0 Å². The van der Waals surface area contributed by atoms with E-state index in [0.29, 0.717) is 19.8 Å². The van der Waals surface area contributed by atoms with Gasteiger partial charge in [-0.2, -0.15) is 0 Å². The summed E-state index contributed by atoms with van der Waals surface area (Å²) >= 11 is 0. The molecular formula is C13H17NO2. The monoisotopic (exact) mass is 219 g/mol. The summed E-state index contributed by atoms with van der Waals surface area (Å²) < 4.78 is 10.8. The fraction of sp³-hybridized carbons (Fsp3) is 0.385. The molecule has 1 aromatic heterocycles. The summed E-state index contributed by atoms with van der Waals surface area (Å²) in [4.78, 5) is 3.23. The molecule has 86 valence electrons. The van der Waals surface area contributed by atoms with Crippen molar-refractivity contribution in [3.05, 3.63) is 36.0 Å². The molecule has 0 saturated carbocycles. The maximum Gasteiger partial charge on any atom is 0.0738 e. The van der Waals surface area contributed by atoms with Crippen molar-refractivity contribution in [2.75, 3.05) is 19.8 Å². The van der Waals surface area contributed by atoms with E-state index in [2.05, 4.69) is 17.1 Å². The largest absolute Gasteiger partial charge is 0.379 e. The highest BCUT2D eigenvalue weighted by atomic mass is 16.5. The van der Waals surface area contributed by atoms with E-state index in [0.717, 1.165) is 12.1 Å². The van der Waals surface area contributed by atoms with Gasteiger partial charge in [0.2, 0.25) is 0 Å². The smallest absolute Gasteiger partial charge is 0.0738 e. The molecule has 0 fully saturated rings. The minimum absolute atomic E-state index is 0.636. The lowest BCUT2D eigenvalue weighted by molar-refractivity contribution is 0.0457.